The second kappa shape index (κ2) is 2.98. The van der Waals surface area contributed by atoms with Crippen molar-refractivity contribution in [3.05, 3.63) is 35.5 Å². The van der Waals surface area contributed by atoms with Gasteiger partial charge in [-0.15, -0.1) is 0 Å². The van der Waals surface area contributed by atoms with Crippen molar-refractivity contribution < 1.29 is 13.0 Å². The van der Waals surface area contributed by atoms with Crippen molar-refractivity contribution in [2.45, 2.75) is 0 Å². The molecule has 1 aromatic heterocycles. The maximum atomic E-state index is 11.0. The van der Waals surface area contributed by atoms with Crippen molar-refractivity contribution in [1.82, 2.24) is 3.97 Å². The summed E-state index contributed by atoms with van der Waals surface area (Å²) in [5.74, 6) is 0. The van der Waals surface area contributed by atoms with E-state index in [1.54, 1.807) is 24.3 Å². The summed E-state index contributed by atoms with van der Waals surface area (Å²) in [4.78, 5) is 0. The van der Waals surface area contributed by atoms with E-state index in [9.17, 15) is 8.42 Å². The predicted molar refractivity (Wildman–Crippen MR) is 53.9 cm³/mol. The fourth-order valence-corrected chi connectivity index (χ4v) is 2.49. The molecular weight excluding hydrogens is 226 g/mol. The van der Waals surface area contributed by atoms with Gasteiger partial charge in [0.1, 0.15) is 5.15 Å². The standard InChI is InChI=1S/C8H6ClNO3S/c9-8-5-6-3-1-2-4-7(6)10(8)14(11,12)13/h1-5H,(H,11,12,13). The highest BCUT2D eigenvalue weighted by molar-refractivity contribution is 7.84. The average Bonchev–Trinajstić information content (AvgIpc) is 2.38. The first-order valence-corrected chi connectivity index (χ1v) is 5.51. The third kappa shape index (κ3) is 1.39. The molecule has 0 aliphatic rings. The number of para-hydroxylation sites is 1. The van der Waals surface area contributed by atoms with Crippen molar-refractivity contribution in [2.24, 2.45) is 0 Å². The zero-order valence-electron chi connectivity index (χ0n) is 6.88. The minimum absolute atomic E-state index is 0.0336. The lowest BCUT2D eigenvalue weighted by molar-refractivity contribution is 0.474. The number of benzene rings is 1. The van der Waals surface area contributed by atoms with Gasteiger partial charge >= 0.3 is 10.3 Å². The van der Waals surface area contributed by atoms with Gasteiger partial charge in [-0.05, 0) is 12.1 Å². The fourth-order valence-electron chi connectivity index (χ4n) is 1.33. The van der Waals surface area contributed by atoms with E-state index < -0.39 is 10.3 Å². The highest BCUT2D eigenvalue weighted by Crippen LogP contribution is 2.24. The van der Waals surface area contributed by atoms with E-state index in [4.69, 9.17) is 16.2 Å². The van der Waals surface area contributed by atoms with Crippen molar-refractivity contribution in [3.8, 4) is 0 Å². The van der Waals surface area contributed by atoms with E-state index >= 15 is 0 Å². The van der Waals surface area contributed by atoms with Crippen LogP contribution in [0.1, 0.15) is 0 Å². The quantitative estimate of drug-likeness (QED) is 0.763. The van der Waals surface area contributed by atoms with Crippen LogP contribution in [-0.4, -0.2) is 16.9 Å². The van der Waals surface area contributed by atoms with Crippen LogP contribution in [0.4, 0.5) is 0 Å². The summed E-state index contributed by atoms with van der Waals surface area (Å²) >= 11 is 5.68. The third-order valence-electron chi connectivity index (χ3n) is 1.85. The number of rotatable bonds is 1. The second-order valence-corrected chi connectivity index (χ2v) is 4.42. The van der Waals surface area contributed by atoms with Crippen LogP contribution in [-0.2, 0) is 10.3 Å². The van der Waals surface area contributed by atoms with E-state index in [1.165, 1.54) is 6.07 Å². The molecule has 74 valence electrons. The van der Waals surface area contributed by atoms with E-state index in [1.807, 2.05) is 0 Å². The molecule has 0 bridgehead atoms. The van der Waals surface area contributed by atoms with Crippen LogP contribution < -0.4 is 0 Å². The van der Waals surface area contributed by atoms with E-state index in [2.05, 4.69) is 0 Å². The molecule has 4 nitrogen and oxygen atoms in total. The smallest absolute Gasteiger partial charge is 0.269 e. The highest BCUT2D eigenvalue weighted by Gasteiger charge is 2.15. The Balaban J connectivity index is 2.95. The molecule has 0 fully saturated rings. The van der Waals surface area contributed by atoms with Crippen molar-refractivity contribution in [2.75, 3.05) is 0 Å². The van der Waals surface area contributed by atoms with Gasteiger partial charge < -0.3 is 0 Å². The first-order valence-electron chi connectivity index (χ1n) is 3.74. The molecule has 0 saturated heterocycles. The fraction of sp³-hybridized carbons (Fsp3) is 0. The lowest BCUT2D eigenvalue weighted by Crippen LogP contribution is -2.10. The summed E-state index contributed by atoms with van der Waals surface area (Å²) in [5.41, 5.74) is 0.361. The Morgan fingerprint density at radius 2 is 1.93 bits per heavy atom. The van der Waals surface area contributed by atoms with Gasteiger partial charge in [-0.1, -0.05) is 29.8 Å². The summed E-state index contributed by atoms with van der Waals surface area (Å²) in [5, 5.41) is 0.629. The van der Waals surface area contributed by atoms with Gasteiger partial charge in [0, 0.05) is 5.39 Å². The van der Waals surface area contributed by atoms with Gasteiger partial charge in [0.15, 0.2) is 0 Å². The Hall–Kier alpha value is -1.04. The first kappa shape index (κ1) is 9.51. The molecule has 0 saturated carbocycles. The van der Waals surface area contributed by atoms with Crippen LogP contribution in [0.2, 0.25) is 5.15 Å². The first-order chi connectivity index (χ1) is 6.50. The molecule has 0 aliphatic carbocycles. The Morgan fingerprint density at radius 1 is 1.29 bits per heavy atom. The molecule has 0 spiro atoms. The van der Waals surface area contributed by atoms with E-state index in [-0.39, 0.29) is 5.15 Å². The summed E-state index contributed by atoms with van der Waals surface area (Å²) in [6.45, 7) is 0. The molecule has 0 aliphatic heterocycles. The van der Waals surface area contributed by atoms with Gasteiger partial charge in [-0.2, -0.15) is 8.42 Å². The van der Waals surface area contributed by atoms with E-state index in [0.29, 0.717) is 14.9 Å². The third-order valence-corrected chi connectivity index (χ3v) is 3.09. The molecule has 0 atom stereocenters. The minimum atomic E-state index is -4.33. The molecule has 0 radical (unpaired) electrons. The molecule has 6 heteroatoms. The number of hydrogen-bond acceptors (Lipinski definition) is 2. The lowest BCUT2D eigenvalue weighted by Gasteiger charge is -2.00. The van der Waals surface area contributed by atoms with Gasteiger partial charge in [0.2, 0.25) is 0 Å². The summed E-state index contributed by atoms with van der Waals surface area (Å²) in [7, 11) is -4.33. The Labute approximate surface area is 85.6 Å². The molecule has 1 aromatic carbocycles. The maximum Gasteiger partial charge on any atom is 0.365 e. The zero-order chi connectivity index (χ0) is 10.3. The molecule has 1 N–H and O–H groups in total. The van der Waals surface area contributed by atoms with Gasteiger partial charge in [0.05, 0.1) is 5.52 Å². The maximum absolute atomic E-state index is 11.0. The Bertz CT molecular complexity index is 588. The molecular formula is C8H6ClNO3S. The monoisotopic (exact) mass is 231 g/mol. The summed E-state index contributed by atoms with van der Waals surface area (Å²) < 4.78 is 31.5. The predicted octanol–water partition coefficient (Wildman–Crippen LogP) is 1.95. The van der Waals surface area contributed by atoms with Crippen LogP contribution in [0.25, 0.3) is 10.9 Å². The zero-order valence-corrected chi connectivity index (χ0v) is 8.46. The normalized spacial score (nSPS) is 12.1. The number of halogens is 1. The van der Waals surface area contributed by atoms with Crippen LogP contribution in [0.5, 0.6) is 0 Å². The second-order valence-electron chi connectivity index (χ2n) is 2.77. The van der Waals surface area contributed by atoms with Crippen molar-refractivity contribution >= 4 is 32.8 Å². The van der Waals surface area contributed by atoms with Crippen LogP contribution in [0.15, 0.2) is 30.3 Å². The van der Waals surface area contributed by atoms with Gasteiger partial charge in [0.25, 0.3) is 0 Å². The Morgan fingerprint density at radius 3 is 2.57 bits per heavy atom. The number of hydrogen-bond donors (Lipinski definition) is 1. The summed E-state index contributed by atoms with van der Waals surface area (Å²) in [6, 6.07) is 8.18. The number of aromatic nitrogens is 1. The molecule has 14 heavy (non-hydrogen) atoms. The van der Waals surface area contributed by atoms with Crippen molar-refractivity contribution in [3.63, 3.8) is 0 Å². The van der Waals surface area contributed by atoms with Gasteiger partial charge in [-0.25, -0.2) is 3.97 Å². The number of nitrogens with zero attached hydrogens (tertiary/aromatic N) is 1. The molecule has 2 aromatic rings. The molecule has 0 unspecified atom stereocenters. The van der Waals surface area contributed by atoms with Crippen LogP contribution >= 0.6 is 11.6 Å². The average molecular weight is 232 g/mol. The number of fused-ring (bicyclic) bond motifs is 1. The largest absolute Gasteiger partial charge is 0.365 e. The summed E-state index contributed by atoms with van der Waals surface area (Å²) in [6.07, 6.45) is 0. The molecule has 0 amide bonds. The topological polar surface area (TPSA) is 59.3 Å². The van der Waals surface area contributed by atoms with Gasteiger partial charge in [-0.3, -0.25) is 4.55 Å². The molecule has 2 rings (SSSR count). The van der Waals surface area contributed by atoms with Crippen molar-refractivity contribution in [1.29, 1.82) is 0 Å². The lowest BCUT2D eigenvalue weighted by atomic mass is 10.3. The van der Waals surface area contributed by atoms with Crippen LogP contribution in [0.3, 0.4) is 0 Å². The SMILES string of the molecule is O=S(=O)(O)n1c(Cl)cc2ccccc21. The van der Waals surface area contributed by atoms with Crippen LogP contribution in [0, 0.1) is 0 Å². The Kier molecular flexibility index (Phi) is 2.02. The highest BCUT2D eigenvalue weighted by atomic mass is 35.5. The van der Waals surface area contributed by atoms with E-state index in [0.717, 1.165) is 0 Å². The minimum Gasteiger partial charge on any atom is -0.269 e. The molecule has 1 heterocycles.